The van der Waals surface area contributed by atoms with Crippen LogP contribution >= 0.6 is 0 Å². The highest BCUT2D eigenvalue weighted by Crippen LogP contribution is 2.36. The van der Waals surface area contributed by atoms with Crippen LogP contribution in [-0.4, -0.2) is 31.2 Å². The average molecular weight is 363 g/mol. The predicted molar refractivity (Wildman–Crippen MR) is 76.5 cm³/mol. The minimum atomic E-state index is -4.79. The molecule has 1 aromatic heterocycles. The van der Waals surface area contributed by atoms with Crippen molar-refractivity contribution in [2.24, 2.45) is 5.16 Å². The van der Waals surface area contributed by atoms with Crippen molar-refractivity contribution in [3.05, 3.63) is 34.5 Å². The lowest BCUT2D eigenvalue weighted by molar-refractivity contribution is -0.139. The van der Waals surface area contributed by atoms with Crippen LogP contribution in [0, 0.1) is 13.8 Å². The maximum Gasteiger partial charge on any atom is 0.417 e. The summed E-state index contributed by atoms with van der Waals surface area (Å²) >= 11 is 0. The van der Waals surface area contributed by atoms with Gasteiger partial charge in [0.15, 0.2) is 9.84 Å². The fourth-order valence-electron chi connectivity index (χ4n) is 1.99. The first-order valence-corrected chi connectivity index (χ1v) is 8.31. The van der Waals surface area contributed by atoms with Gasteiger partial charge in [-0.05, 0) is 30.6 Å². The Balaban J connectivity index is 2.44. The van der Waals surface area contributed by atoms with Crippen molar-refractivity contribution in [3.63, 3.8) is 0 Å². The van der Waals surface area contributed by atoms with Crippen molar-refractivity contribution < 1.29 is 31.1 Å². The summed E-state index contributed by atoms with van der Waals surface area (Å²) in [6.07, 6.45) is -3.00. The first kappa shape index (κ1) is 17.9. The third kappa shape index (κ3) is 3.72. The molecule has 7 nitrogen and oxygen atoms in total. The highest BCUT2D eigenvalue weighted by atomic mass is 32.2. The lowest BCUT2D eigenvalue weighted by Crippen LogP contribution is -2.15. The number of aromatic nitrogens is 2. The van der Waals surface area contributed by atoms with E-state index in [2.05, 4.69) is 20.1 Å². The second kappa shape index (κ2) is 6.23. The molecule has 1 aromatic carbocycles. The quantitative estimate of drug-likeness (QED) is 0.612. The van der Waals surface area contributed by atoms with Gasteiger partial charge in [-0.2, -0.15) is 13.2 Å². The Labute approximate surface area is 135 Å². The molecule has 0 N–H and O–H groups in total. The summed E-state index contributed by atoms with van der Waals surface area (Å²) in [6, 6.07) is 1.79. The summed E-state index contributed by atoms with van der Waals surface area (Å²) in [4.78, 5) is 4.10. The van der Waals surface area contributed by atoms with E-state index in [1.807, 2.05) is 0 Å². The molecule has 0 aliphatic rings. The van der Waals surface area contributed by atoms with Gasteiger partial charge in [-0.25, -0.2) is 13.0 Å². The van der Waals surface area contributed by atoms with E-state index in [9.17, 15) is 21.6 Å². The normalized spacial score (nSPS) is 12.8. The van der Waals surface area contributed by atoms with Crippen molar-refractivity contribution in [3.8, 4) is 5.88 Å². The minimum Gasteiger partial charge on any atom is -0.331 e. The van der Waals surface area contributed by atoms with E-state index in [4.69, 9.17) is 4.84 Å². The van der Waals surface area contributed by atoms with Crippen molar-refractivity contribution in [2.45, 2.75) is 24.9 Å². The van der Waals surface area contributed by atoms with Gasteiger partial charge in [-0.1, -0.05) is 16.4 Å². The van der Waals surface area contributed by atoms with Gasteiger partial charge in [0.05, 0.1) is 16.7 Å². The molecule has 24 heavy (non-hydrogen) atoms. The van der Waals surface area contributed by atoms with Gasteiger partial charge in [0.2, 0.25) is 0 Å². The summed E-state index contributed by atoms with van der Waals surface area (Å²) < 4.78 is 67.0. The minimum absolute atomic E-state index is 0.0147. The average Bonchev–Trinajstić information content (AvgIpc) is 2.83. The van der Waals surface area contributed by atoms with Gasteiger partial charge in [0.1, 0.15) is 5.69 Å². The van der Waals surface area contributed by atoms with Crippen LogP contribution in [0.3, 0.4) is 0 Å². The topological polar surface area (TPSA) is 94.7 Å². The Morgan fingerprint density at radius 2 is 1.92 bits per heavy atom. The van der Waals surface area contributed by atoms with Gasteiger partial charge in [-0.3, -0.25) is 0 Å². The molecule has 0 saturated heterocycles. The van der Waals surface area contributed by atoms with E-state index in [1.165, 1.54) is 6.92 Å². The summed E-state index contributed by atoms with van der Waals surface area (Å²) in [5, 5.41) is 10.4. The number of halogens is 3. The molecule has 0 bridgehead atoms. The fraction of sp³-hybridized carbons (Fsp3) is 0.308. The first-order chi connectivity index (χ1) is 11.0. The van der Waals surface area contributed by atoms with Gasteiger partial charge in [-0.15, -0.1) is 0 Å². The lowest BCUT2D eigenvalue weighted by atomic mass is 10.1. The second-order valence-corrected chi connectivity index (χ2v) is 6.86. The van der Waals surface area contributed by atoms with Gasteiger partial charge in [0, 0.05) is 11.8 Å². The molecule has 0 unspecified atom stereocenters. The monoisotopic (exact) mass is 363 g/mol. The smallest absolute Gasteiger partial charge is 0.331 e. The van der Waals surface area contributed by atoms with Crippen LogP contribution in [0.4, 0.5) is 13.2 Å². The number of benzene rings is 1. The van der Waals surface area contributed by atoms with Crippen LogP contribution in [0.15, 0.2) is 26.8 Å². The first-order valence-electron chi connectivity index (χ1n) is 6.42. The third-order valence-corrected chi connectivity index (χ3v) is 4.33. The van der Waals surface area contributed by atoms with Crippen LogP contribution in [0.1, 0.15) is 22.4 Å². The SMILES string of the molecule is Cc1nonc1O/N=C/c1ccc(C(F)(F)F)c(S(C)(=O)=O)c1C. The highest BCUT2D eigenvalue weighted by molar-refractivity contribution is 7.90. The van der Waals surface area contributed by atoms with Crippen molar-refractivity contribution in [2.75, 3.05) is 6.26 Å². The molecule has 2 rings (SSSR count). The molecule has 0 atom stereocenters. The molecule has 0 fully saturated rings. The number of rotatable bonds is 4. The van der Waals surface area contributed by atoms with Crippen molar-refractivity contribution >= 4 is 16.1 Å². The number of hydrogen-bond donors (Lipinski definition) is 0. The van der Waals surface area contributed by atoms with Gasteiger partial charge < -0.3 is 4.84 Å². The molecule has 0 aliphatic carbocycles. The van der Waals surface area contributed by atoms with E-state index in [0.29, 0.717) is 18.0 Å². The molecule has 0 aliphatic heterocycles. The maximum atomic E-state index is 13.0. The summed E-state index contributed by atoms with van der Waals surface area (Å²) in [5.41, 5.74) is -0.836. The van der Waals surface area contributed by atoms with Gasteiger partial charge >= 0.3 is 12.1 Å². The number of hydrogen-bond acceptors (Lipinski definition) is 7. The molecule has 0 saturated carbocycles. The van der Waals surface area contributed by atoms with E-state index in [0.717, 1.165) is 12.3 Å². The number of oxime groups is 1. The number of nitrogens with zero attached hydrogens (tertiary/aromatic N) is 3. The van der Waals surface area contributed by atoms with Crippen LogP contribution in [0.5, 0.6) is 5.88 Å². The van der Waals surface area contributed by atoms with Crippen molar-refractivity contribution in [1.29, 1.82) is 0 Å². The molecule has 2 aromatic rings. The number of sulfone groups is 1. The summed E-state index contributed by atoms with van der Waals surface area (Å²) in [7, 11) is -4.10. The third-order valence-electron chi connectivity index (χ3n) is 3.07. The molecule has 130 valence electrons. The molecule has 0 amide bonds. The summed E-state index contributed by atoms with van der Waals surface area (Å²) in [6.45, 7) is 2.81. The standard InChI is InChI=1S/C13H12F3N3O4S/c1-7-9(6-17-22-12-8(2)18-23-19-12)4-5-10(13(14,15)16)11(7)24(3,20)21/h4-6H,1-3H3/b17-6+. The van der Waals surface area contributed by atoms with E-state index in [1.54, 1.807) is 6.92 Å². The van der Waals surface area contributed by atoms with Crippen LogP contribution in [-0.2, 0) is 16.0 Å². The summed E-state index contributed by atoms with van der Waals surface area (Å²) in [5.74, 6) is -0.0147. The fourth-order valence-corrected chi connectivity index (χ4v) is 3.24. The van der Waals surface area contributed by atoms with Crippen molar-refractivity contribution in [1.82, 2.24) is 10.3 Å². The van der Waals surface area contributed by atoms with E-state index >= 15 is 0 Å². The largest absolute Gasteiger partial charge is 0.417 e. The highest BCUT2D eigenvalue weighted by Gasteiger charge is 2.37. The Kier molecular flexibility index (Phi) is 4.65. The zero-order valence-electron chi connectivity index (χ0n) is 12.7. The van der Waals surface area contributed by atoms with Crippen LogP contribution < -0.4 is 4.84 Å². The second-order valence-electron chi connectivity index (χ2n) is 4.91. The maximum absolute atomic E-state index is 13.0. The lowest BCUT2D eigenvalue weighted by Gasteiger charge is -2.15. The molecule has 0 radical (unpaired) electrons. The number of aryl methyl sites for hydroxylation is 1. The van der Waals surface area contributed by atoms with Crippen LogP contribution in [0.2, 0.25) is 0 Å². The predicted octanol–water partition coefficient (Wildman–Crippen LogP) is 2.52. The Bertz CT molecular complexity index is 888. The molecular weight excluding hydrogens is 351 g/mol. The Morgan fingerprint density at radius 1 is 1.25 bits per heavy atom. The van der Waals surface area contributed by atoms with Gasteiger partial charge in [0.25, 0.3) is 0 Å². The molecular formula is C13H12F3N3O4S. The van der Waals surface area contributed by atoms with Crippen LogP contribution in [0.25, 0.3) is 0 Å². The number of alkyl halides is 3. The zero-order chi connectivity index (χ0) is 18.1. The van der Waals surface area contributed by atoms with E-state index < -0.39 is 26.5 Å². The molecule has 0 spiro atoms. The molecule has 1 heterocycles. The molecule has 11 heteroatoms. The Hall–Kier alpha value is -2.43. The zero-order valence-corrected chi connectivity index (χ0v) is 13.6. The van der Waals surface area contributed by atoms with E-state index in [-0.39, 0.29) is 17.0 Å². The Morgan fingerprint density at radius 3 is 2.42 bits per heavy atom.